The Morgan fingerprint density at radius 1 is 0.879 bits per heavy atom. The molecule has 2 fully saturated rings. The van der Waals surface area contributed by atoms with Crippen LogP contribution in [-0.2, 0) is 19.8 Å². The second-order valence-electron chi connectivity index (χ2n) is 10.7. The van der Waals surface area contributed by atoms with Crippen molar-refractivity contribution in [3.05, 3.63) is 65.7 Å². The van der Waals surface area contributed by atoms with Gasteiger partial charge in [-0.1, -0.05) is 68.3 Å². The van der Waals surface area contributed by atoms with E-state index >= 15 is 0 Å². The summed E-state index contributed by atoms with van der Waals surface area (Å²) in [4.78, 5) is 42.8. The number of para-hydroxylation sites is 1. The Hall–Kier alpha value is -2.95. The minimum Gasteiger partial charge on any atom is -0.305 e. The highest BCUT2D eigenvalue weighted by Gasteiger charge is 2.51. The predicted octanol–water partition coefficient (Wildman–Crippen LogP) is 4.68. The van der Waals surface area contributed by atoms with E-state index in [1.807, 2.05) is 29.2 Å². The standard InChI is InChI=1S/C28H32N2O3/c1-27(2)18-28(3,19-11-5-4-6-12-19)22-15-9-10-16-23(22)30(27)24(31)17-29-25(32)20-13-7-8-14-21(20)26(29)33/h4-6,9-12,15-16,20-21H,7-8,13-14,17-18H2,1-3H3/t20-,21-,28+/m0/s1. The molecule has 1 aliphatic carbocycles. The molecule has 5 rings (SSSR count). The first kappa shape index (κ1) is 21.9. The van der Waals surface area contributed by atoms with Gasteiger partial charge in [0.15, 0.2) is 0 Å². The van der Waals surface area contributed by atoms with Crippen LogP contribution in [0.5, 0.6) is 0 Å². The smallest absolute Gasteiger partial charge is 0.247 e. The van der Waals surface area contributed by atoms with Gasteiger partial charge < -0.3 is 4.90 Å². The average molecular weight is 445 g/mol. The van der Waals surface area contributed by atoms with Crippen LogP contribution in [0.4, 0.5) is 5.69 Å². The molecule has 172 valence electrons. The summed E-state index contributed by atoms with van der Waals surface area (Å²) in [6.07, 6.45) is 4.21. The number of hydrogen-bond donors (Lipinski definition) is 0. The molecule has 2 aliphatic heterocycles. The molecule has 2 heterocycles. The van der Waals surface area contributed by atoms with Crippen LogP contribution in [0.3, 0.4) is 0 Å². The lowest BCUT2D eigenvalue weighted by atomic mass is 9.65. The first-order valence-corrected chi connectivity index (χ1v) is 12.1. The third-order valence-corrected chi connectivity index (χ3v) is 8.02. The number of likely N-dealkylation sites (tertiary alicyclic amines) is 1. The van der Waals surface area contributed by atoms with Crippen molar-refractivity contribution in [2.75, 3.05) is 11.4 Å². The number of hydrogen-bond acceptors (Lipinski definition) is 3. The van der Waals surface area contributed by atoms with Gasteiger partial charge in [-0.15, -0.1) is 0 Å². The molecule has 33 heavy (non-hydrogen) atoms. The molecule has 2 aromatic rings. The zero-order valence-corrected chi connectivity index (χ0v) is 19.7. The van der Waals surface area contributed by atoms with Crippen molar-refractivity contribution in [1.82, 2.24) is 4.90 Å². The highest BCUT2D eigenvalue weighted by atomic mass is 16.2. The summed E-state index contributed by atoms with van der Waals surface area (Å²) in [5.74, 6) is -0.974. The van der Waals surface area contributed by atoms with E-state index in [4.69, 9.17) is 0 Å². The highest BCUT2D eigenvalue weighted by Crippen LogP contribution is 2.50. The van der Waals surface area contributed by atoms with Crippen LogP contribution in [0.2, 0.25) is 0 Å². The quantitative estimate of drug-likeness (QED) is 0.646. The molecule has 0 radical (unpaired) electrons. The number of imide groups is 1. The Bertz CT molecular complexity index is 1090. The van der Waals surface area contributed by atoms with Gasteiger partial charge in [0.05, 0.1) is 11.8 Å². The zero-order valence-electron chi connectivity index (χ0n) is 19.7. The minimum atomic E-state index is -0.491. The lowest BCUT2D eigenvalue weighted by Crippen LogP contribution is -2.58. The molecule has 0 unspecified atom stereocenters. The van der Waals surface area contributed by atoms with Crippen LogP contribution in [-0.4, -0.2) is 34.7 Å². The van der Waals surface area contributed by atoms with E-state index in [2.05, 4.69) is 51.1 Å². The lowest BCUT2D eigenvalue weighted by Gasteiger charge is -2.51. The second-order valence-corrected chi connectivity index (χ2v) is 10.7. The summed E-state index contributed by atoms with van der Waals surface area (Å²) >= 11 is 0. The Morgan fingerprint density at radius 2 is 1.45 bits per heavy atom. The first-order chi connectivity index (χ1) is 15.7. The van der Waals surface area contributed by atoms with Gasteiger partial charge in [-0.25, -0.2) is 0 Å². The largest absolute Gasteiger partial charge is 0.305 e. The fourth-order valence-electron chi connectivity index (χ4n) is 6.63. The summed E-state index contributed by atoms with van der Waals surface area (Å²) in [6, 6.07) is 18.5. The van der Waals surface area contributed by atoms with Crippen LogP contribution in [0.1, 0.15) is 64.0 Å². The number of nitrogens with zero attached hydrogens (tertiary/aromatic N) is 2. The number of carbonyl (C=O) groups is 3. The van der Waals surface area contributed by atoms with Gasteiger partial charge in [-0.05, 0) is 50.3 Å². The van der Waals surface area contributed by atoms with Gasteiger partial charge in [0.2, 0.25) is 17.7 Å². The summed E-state index contributed by atoms with van der Waals surface area (Å²) < 4.78 is 0. The zero-order chi connectivity index (χ0) is 23.4. The second kappa shape index (κ2) is 7.82. The third-order valence-electron chi connectivity index (χ3n) is 8.02. The van der Waals surface area contributed by atoms with E-state index < -0.39 is 5.54 Å². The van der Waals surface area contributed by atoms with E-state index in [9.17, 15) is 14.4 Å². The summed E-state index contributed by atoms with van der Waals surface area (Å²) in [5.41, 5.74) is 2.42. The minimum absolute atomic E-state index is 0.157. The van der Waals surface area contributed by atoms with E-state index in [-0.39, 0.29) is 41.5 Å². The van der Waals surface area contributed by atoms with Crippen molar-refractivity contribution >= 4 is 23.4 Å². The molecule has 2 aromatic carbocycles. The predicted molar refractivity (Wildman–Crippen MR) is 128 cm³/mol. The SMILES string of the molecule is CC1(C)C[C@](C)(c2ccccc2)c2ccccc2N1C(=O)CN1C(=O)[C@H]2CCCC[C@@H]2C1=O. The van der Waals surface area contributed by atoms with Crippen LogP contribution in [0.15, 0.2) is 54.6 Å². The first-order valence-electron chi connectivity index (χ1n) is 12.1. The van der Waals surface area contributed by atoms with E-state index in [0.29, 0.717) is 0 Å². The van der Waals surface area contributed by atoms with E-state index in [1.165, 1.54) is 10.5 Å². The molecule has 0 aromatic heterocycles. The normalized spacial score (nSPS) is 28.5. The van der Waals surface area contributed by atoms with Gasteiger partial charge in [-0.2, -0.15) is 0 Å². The van der Waals surface area contributed by atoms with Crippen molar-refractivity contribution in [3.8, 4) is 0 Å². The van der Waals surface area contributed by atoms with Gasteiger partial charge >= 0.3 is 0 Å². The number of rotatable bonds is 3. The third kappa shape index (κ3) is 3.40. The summed E-state index contributed by atoms with van der Waals surface area (Å²) in [5, 5.41) is 0. The monoisotopic (exact) mass is 444 g/mol. The number of amides is 3. The fraction of sp³-hybridized carbons (Fsp3) is 0.464. The van der Waals surface area contributed by atoms with Crippen molar-refractivity contribution in [2.24, 2.45) is 11.8 Å². The Kier molecular flexibility index (Phi) is 5.19. The molecule has 3 atom stereocenters. The van der Waals surface area contributed by atoms with Crippen molar-refractivity contribution in [3.63, 3.8) is 0 Å². The number of benzene rings is 2. The summed E-state index contributed by atoms with van der Waals surface area (Å²) in [6.45, 7) is 6.22. The van der Waals surface area contributed by atoms with E-state index in [0.717, 1.165) is 43.4 Å². The number of anilines is 1. The maximum atomic E-state index is 13.8. The Balaban J connectivity index is 1.50. The fourth-order valence-corrected chi connectivity index (χ4v) is 6.63. The molecule has 1 saturated heterocycles. The van der Waals surface area contributed by atoms with Gasteiger partial charge in [0, 0.05) is 16.6 Å². The number of fused-ring (bicyclic) bond motifs is 2. The molecule has 1 saturated carbocycles. The van der Waals surface area contributed by atoms with Crippen LogP contribution in [0, 0.1) is 11.8 Å². The highest BCUT2D eigenvalue weighted by molar-refractivity contribution is 6.09. The van der Waals surface area contributed by atoms with Crippen molar-refractivity contribution in [1.29, 1.82) is 0 Å². The number of carbonyl (C=O) groups excluding carboxylic acids is 3. The molecular formula is C28H32N2O3. The van der Waals surface area contributed by atoms with Crippen LogP contribution < -0.4 is 4.90 Å². The maximum absolute atomic E-state index is 13.8. The van der Waals surface area contributed by atoms with Crippen LogP contribution in [0.25, 0.3) is 0 Å². The van der Waals surface area contributed by atoms with Gasteiger partial charge in [0.25, 0.3) is 0 Å². The molecule has 5 nitrogen and oxygen atoms in total. The molecule has 0 bridgehead atoms. The molecule has 0 spiro atoms. The van der Waals surface area contributed by atoms with Crippen molar-refractivity contribution in [2.45, 2.75) is 63.8 Å². The average Bonchev–Trinajstić information content (AvgIpc) is 3.04. The molecular weight excluding hydrogens is 412 g/mol. The Morgan fingerprint density at radius 3 is 2.09 bits per heavy atom. The summed E-state index contributed by atoms with van der Waals surface area (Å²) in [7, 11) is 0. The van der Waals surface area contributed by atoms with Crippen LogP contribution >= 0.6 is 0 Å². The molecule has 5 heteroatoms. The molecule has 3 aliphatic rings. The van der Waals surface area contributed by atoms with Crippen molar-refractivity contribution < 1.29 is 14.4 Å². The lowest BCUT2D eigenvalue weighted by molar-refractivity contribution is -0.143. The molecule has 3 amide bonds. The van der Waals surface area contributed by atoms with Gasteiger partial charge in [0.1, 0.15) is 6.54 Å². The van der Waals surface area contributed by atoms with Gasteiger partial charge in [-0.3, -0.25) is 19.3 Å². The van der Waals surface area contributed by atoms with E-state index in [1.54, 1.807) is 0 Å². The Labute approximate surface area is 195 Å². The maximum Gasteiger partial charge on any atom is 0.247 e. The molecule has 0 N–H and O–H groups in total. The topological polar surface area (TPSA) is 57.7 Å².